The lowest BCUT2D eigenvalue weighted by atomic mass is 10.2. The second-order valence-electron chi connectivity index (χ2n) is 5.92. The van der Waals surface area contributed by atoms with Crippen LogP contribution in [0.3, 0.4) is 0 Å². The number of sulfone groups is 1. The minimum atomic E-state index is -3.03. The van der Waals surface area contributed by atoms with E-state index in [1.165, 1.54) is 18.0 Å². The standard InChI is InChI=1S/C16H20N4O3S2/c1-3-4-9-19-14(21)12-7-5-6-8-13(12)20-15(19)17-18-16(20)24-10-11-25(2,22)23/h5-8H,3-4,9-11H2,1-2H3. The summed E-state index contributed by atoms with van der Waals surface area (Å²) in [5.74, 6) is 0.959. The van der Waals surface area contributed by atoms with E-state index in [9.17, 15) is 13.2 Å². The van der Waals surface area contributed by atoms with E-state index in [1.807, 2.05) is 22.6 Å². The van der Waals surface area contributed by atoms with Crippen LogP contribution in [0, 0.1) is 0 Å². The summed E-state index contributed by atoms with van der Waals surface area (Å²) in [6, 6.07) is 7.35. The molecule has 7 nitrogen and oxygen atoms in total. The third kappa shape index (κ3) is 3.72. The molecular formula is C16H20N4O3S2. The Hall–Kier alpha value is -1.87. The summed E-state index contributed by atoms with van der Waals surface area (Å²) in [4.78, 5) is 12.8. The molecule has 9 heteroatoms. The van der Waals surface area contributed by atoms with Crippen LogP contribution in [0.25, 0.3) is 16.7 Å². The van der Waals surface area contributed by atoms with Gasteiger partial charge in [-0.25, -0.2) is 8.42 Å². The van der Waals surface area contributed by atoms with Crippen molar-refractivity contribution in [3.8, 4) is 0 Å². The van der Waals surface area contributed by atoms with Crippen molar-refractivity contribution >= 4 is 38.3 Å². The van der Waals surface area contributed by atoms with Crippen LogP contribution in [0.2, 0.25) is 0 Å². The lowest BCUT2D eigenvalue weighted by molar-refractivity contribution is 0.603. The van der Waals surface area contributed by atoms with Gasteiger partial charge in [-0.3, -0.25) is 13.8 Å². The molecule has 0 aliphatic heterocycles. The van der Waals surface area contributed by atoms with Gasteiger partial charge in [-0.15, -0.1) is 10.2 Å². The molecule has 0 saturated heterocycles. The summed E-state index contributed by atoms with van der Waals surface area (Å²) in [6.45, 7) is 2.65. The zero-order chi connectivity index (χ0) is 18.0. The van der Waals surface area contributed by atoms with E-state index in [2.05, 4.69) is 17.1 Å². The number of benzene rings is 1. The summed E-state index contributed by atoms with van der Waals surface area (Å²) in [6.07, 6.45) is 3.06. The van der Waals surface area contributed by atoms with Crippen molar-refractivity contribution in [2.75, 3.05) is 17.8 Å². The topological polar surface area (TPSA) is 86.3 Å². The highest BCUT2D eigenvalue weighted by Gasteiger charge is 2.16. The smallest absolute Gasteiger partial charge is 0.262 e. The number of rotatable bonds is 7. The first-order valence-electron chi connectivity index (χ1n) is 8.09. The highest BCUT2D eigenvalue weighted by atomic mass is 32.2. The SMILES string of the molecule is CCCCn1c(=O)c2ccccc2n2c(SCCS(C)(=O)=O)nnc12. The molecule has 2 heterocycles. The van der Waals surface area contributed by atoms with Crippen molar-refractivity contribution in [2.24, 2.45) is 0 Å². The van der Waals surface area contributed by atoms with Gasteiger partial charge in [-0.05, 0) is 18.6 Å². The molecule has 134 valence electrons. The molecule has 0 saturated carbocycles. The van der Waals surface area contributed by atoms with Crippen molar-refractivity contribution in [3.63, 3.8) is 0 Å². The van der Waals surface area contributed by atoms with E-state index in [0.717, 1.165) is 18.4 Å². The molecule has 0 fully saturated rings. The Morgan fingerprint density at radius 3 is 2.68 bits per heavy atom. The maximum absolute atomic E-state index is 12.8. The third-order valence-electron chi connectivity index (χ3n) is 3.90. The highest BCUT2D eigenvalue weighted by molar-refractivity contribution is 8.00. The summed E-state index contributed by atoms with van der Waals surface area (Å²) in [5, 5.41) is 9.60. The van der Waals surface area contributed by atoms with Crippen LogP contribution in [0.1, 0.15) is 19.8 Å². The van der Waals surface area contributed by atoms with Gasteiger partial charge in [-0.1, -0.05) is 37.2 Å². The fraction of sp³-hybridized carbons (Fsp3) is 0.438. The van der Waals surface area contributed by atoms with Crippen LogP contribution in [-0.4, -0.2) is 45.3 Å². The summed E-state index contributed by atoms with van der Waals surface area (Å²) >= 11 is 1.33. The Morgan fingerprint density at radius 2 is 1.96 bits per heavy atom. The molecule has 0 N–H and O–H groups in total. The second kappa shape index (κ2) is 7.17. The van der Waals surface area contributed by atoms with Crippen molar-refractivity contribution in [3.05, 3.63) is 34.6 Å². The molecule has 0 bridgehead atoms. The normalized spacial score (nSPS) is 12.2. The zero-order valence-corrected chi connectivity index (χ0v) is 15.8. The average Bonchev–Trinajstić information content (AvgIpc) is 2.98. The number of unbranched alkanes of at least 4 members (excludes halogenated alkanes) is 1. The van der Waals surface area contributed by atoms with Crippen LogP contribution in [0.4, 0.5) is 0 Å². The molecular weight excluding hydrogens is 360 g/mol. The molecule has 0 unspecified atom stereocenters. The lowest BCUT2D eigenvalue weighted by Gasteiger charge is -2.10. The quantitative estimate of drug-likeness (QED) is 0.583. The van der Waals surface area contributed by atoms with Crippen molar-refractivity contribution in [2.45, 2.75) is 31.5 Å². The van der Waals surface area contributed by atoms with Crippen LogP contribution in [0.5, 0.6) is 0 Å². The van der Waals surface area contributed by atoms with Crippen molar-refractivity contribution in [1.82, 2.24) is 19.2 Å². The monoisotopic (exact) mass is 380 g/mol. The van der Waals surface area contributed by atoms with Gasteiger partial charge in [0.05, 0.1) is 16.7 Å². The first-order valence-corrected chi connectivity index (χ1v) is 11.1. The van der Waals surface area contributed by atoms with Gasteiger partial charge in [-0.2, -0.15) is 0 Å². The number of thioether (sulfide) groups is 1. The van der Waals surface area contributed by atoms with Gasteiger partial charge < -0.3 is 0 Å². The van der Waals surface area contributed by atoms with E-state index in [4.69, 9.17) is 0 Å². The van der Waals surface area contributed by atoms with Gasteiger partial charge >= 0.3 is 0 Å². The summed E-state index contributed by atoms with van der Waals surface area (Å²) < 4.78 is 26.2. The van der Waals surface area contributed by atoms with Gasteiger partial charge in [0, 0.05) is 18.6 Å². The molecule has 0 amide bonds. The Bertz CT molecular complexity index is 1070. The van der Waals surface area contributed by atoms with Gasteiger partial charge in [0.1, 0.15) is 9.84 Å². The Labute approximate surface area is 150 Å². The highest BCUT2D eigenvalue weighted by Crippen LogP contribution is 2.21. The molecule has 0 aliphatic rings. The number of hydrogen-bond donors (Lipinski definition) is 0. The number of nitrogens with zero attached hydrogens (tertiary/aromatic N) is 4. The minimum Gasteiger partial charge on any atom is -0.276 e. The van der Waals surface area contributed by atoms with E-state index in [0.29, 0.717) is 28.6 Å². The maximum Gasteiger partial charge on any atom is 0.262 e. The molecule has 3 rings (SSSR count). The fourth-order valence-corrected chi connectivity index (χ4v) is 4.76. The van der Waals surface area contributed by atoms with E-state index < -0.39 is 9.84 Å². The fourth-order valence-electron chi connectivity index (χ4n) is 2.63. The zero-order valence-electron chi connectivity index (χ0n) is 14.2. The van der Waals surface area contributed by atoms with Crippen molar-refractivity contribution in [1.29, 1.82) is 0 Å². The molecule has 0 spiro atoms. The minimum absolute atomic E-state index is 0.0694. The molecule has 2 aromatic heterocycles. The Morgan fingerprint density at radius 1 is 1.20 bits per heavy atom. The predicted octanol–water partition coefficient (Wildman–Crippen LogP) is 1.98. The maximum atomic E-state index is 12.8. The first kappa shape index (κ1) is 17.9. The molecule has 1 aromatic carbocycles. The van der Waals surface area contributed by atoms with E-state index >= 15 is 0 Å². The number of para-hydroxylation sites is 1. The van der Waals surface area contributed by atoms with E-state index in [-0.39, 0.29) is 11.3 Å². The van der Waals surface area contributed by atoms with E-state index in [1.54, 1.807) is 10.6 Å². The van der Waals surface area contributed by atoms with Gasteiger partial charge in [0.25, 0.3) is 5.56 Å². The first-order chi connectivity index (χ1) is 11.9. The molecule has 0 radical (unpaired) electrons. The summed E-state index contributed by atoms with van der Waals surface area (Å²) in [7, 11) is -3.03. The number of hydrogen-bond acceptors (Lipinski definition) is 6. The van der Waals surface area contributed by atoms with Gasteiger partial charge in [0.15, 0.2) is 5.16 Å². The van der Waals surface area contributed by atoms with Crippen LogP contribution in [-0.2, 0) is 16.4 Å². The Kier molecular flexibility index (Phi) is 5.14. The van der Waals surface area contributed by atoms with Crippen molar-refractivity contribution < 1.29 is 8.42 Å². The van der Waals surface area contributed by atoms with Gasteiger partial charge in [0.2, 0.25) is 5.78 Å². The second-order valence-corrected chi connectivity index (χ2v) is 9.25. The molecule has 0 atom stereocenters. The van der Waals surface area contributed by atoms with Crippen LogP contribution in [0.15, 0.2) is 34.2 Å². The number of fused-ring (bicyclic) bond motifs is 3. The number of aryl methyl sites for hydroxylation is 1. The lowest BCUT2D eigenvalue weighted by Crippen LogP contribution is -2.23. The Balaban J connectivity index is 2.14. The third-order valence-corrected chi connectivity index (χ3v) is 6.03. The predicted molar refractivity (Wildman–Crippen MR) is 100 cm³/mol. The molecule has 3 aromatic rings. The molecule has 25 heavy (non-hydrogen) atoms. The molecule has 0 aliphatic carbocycles. The number of aromatic nitrogens is 4. The summed E-state index contributed by atoms with van der Waals surface area (Å²) in [5.41, 5.74) is 0.666. The average molecular weight is 380 g/mol. The van der Waals surface area contributed by atoms with Crippen LogP contribution < -0.4 is 5.56 Å². The largest absolute Gasteiger partial charge is 0.276 e. The van der Waals surface area contributed by atoms with Crippen LogP contribution >= 0.6 is 11.8 Å².